The molecule has 2 heterocycles. The van der Waals surface area contributed by atoms with E-state index >= 15 is 0 Å². The van der Waals surface area contributed by atoms with Gasteiger partial charge in [-0.05, 0) is 97.4 Å². The van der Waals surface area contributed by atoms with Crippen molar-refractivity contribution in [2.75, 3.05) is 0 Å². The lowest BCUT2D eigenvalue weighted by Gasteiger charge is -2.19. The molecule has 4 nitrogen and oxygen atoms in total. The number of fused-ring (bicyclic) bond motifs is 2. The Morgan fingerprint density at radius 3 is 1.65 bits per heavy atom. The van der Waals surface area contributed by atoms with E-state index in [2.05, 4.69) is 130 Å². The third kappa shape index (κ3) is 5.14. The van der Waals surface area contributed by atoms with Gasteiger partial charge in [0.05, 0.1) is 5.69 Å². The van der Waals surface area contributed by atoms with E-state index in [4.69, 9.17) is 6.57 Å². The van der Waals surface area contributed by atoms with Crippen LogP contribution in [0.5, 0.6) is 0 Å². The van der Waals surface area contributed by atoms with Gasteiger partial charge in [-0.2, -0.15) is 5.26 Å². The molecule has 0 N–H and O–H groups in total. The van der Waals surface area contributed by atoms with Crippen LogP contribution >= 0.6 is 0 Å². The van der Waals surface area contributed by atoms with Gasteiger partial charge in [-0.1, -0.05) is 122 Å². The van der Waals surface area contributed by atoms with E-state index in [9.17, 15) is 5.26 Å². The maximum absolute atomic E-state index is 9.48. The number of benzene rings is 6. The number of hydrogen-bond acceptors (Lipinski definition) is 3. The number of nitrogens with zero attached hydrogens (tertiary/aromatic N) is 4. The van der Waals surface area contributed by atoms with Gasteiger partial charge in [-0.25, -0.2) is 4.98 Å². The zero-order chi connectivity index (χ0) is 32.5. The number of aromatic nitrogens is 2. The Bertz CT molecular complexity index is 2590. The molecule has 48 heavy (non-hydrogen) atoms. The molecule has 8 aromatic rings. The van der Waals surface area contributed by atoms with Gasteiger partial charge >= 0.3 is 0 Å². The van der Waals surface area contributed by atoms with Crippen LogP contribution < -0.4 is 0 Å². The molecule has 0 atom stereocenters. The molecule has 0 amide bonds. The minimum absolute atomic E-state index is 0.377. The van der Waals surface area contributed by atoms with Crippen LogP contribution in [0.4, 0.5) is 5.82 Å². The van der Waals surface area contributed by atoms with Gasteiger partial charge in [-0.15, -0.1) is 4.98 Å². The first-order valence-electron chi connectivity index (χ1n) is 15.7. The Morgan fingerprint density at radius 1 is 0.438 bits per heavy atom. The summed E-state index contributed by atoms with van der Waals surface area (Å²) < 4.78 is 0. The molecular weight excluding hydrogens is 585 g/mol. The largest absolute Gasteiger partial charge is 0.361 e. The van der Waals surface area contributed by atoms with Gasteiger partial charge < -0.3 is 4.85 Å². The first-order valence-corrected chi connectivity index (χ1v) is 15.7. The predicted molar refractivity (Wildman–Crippen MR) is 195 cm³/mol. The molecule has 0 fully saturated rings. The molecule has 0 aliphatic heterocycles. The third-order valence-electron chi connectivity index (χ3n) is 8.74. The quantitative estimate of drug-likeness (QED) is 0.144. The first-order chi connectivity index (χ1) is 23.7. The highest BCUT2D eigenvalue weighted by molar-refractivity contribution is 6.22. The minimum atomic E-state index is 0.377. The summed E-state index contributed by atoms with van der Waals surface area (Å²) in [7, 11) is 0. The van der Waals surface area contributed by atoms with Crippen molar-refractivity contribution in [1.82, 2.24) is 9.97 Å². The van der Waals surface area contributed by atoms with Gasteiger partial charge in [-0.3, -0.25) is 0 Å². The van der Waals surface area contributed by atoms with Crippen LogP contribution in [0.1, 0.15) is 5.69 Å². The highest BCUT2D eigenvalue weighted by Crippen LogP contribution is 2.45. The average Bonchev–Trinajstić information content (AvgIpc) is 3.17. The molecule has 0 saturated heterocycles. The molecule has 8 rings (SSSR count). The molecule has 0 aliphatic rings. The first kappa shape index (κ1) is 28.6. The lowest BCUT2D eigenvalue weighted by molar-refractivity contribution is 1.27. The average molecular weight is 611 g/mol. The summed E-state index contributed by atoms with van der Waals surface area (Å²) >= 11 is 0. The predicted octanol–water partition coefficient (Wildman–Crippen LogP) is 11.5. The van der Waals surface area contributed by atoms with E-state index in [1.54, 1.807) is 12.1 Å². The second-order valence-electron chi connectivity index (χ2n) is 11.6. The third-order valence-corrected chi connectivity index (χ3v) is 8.74. The van der Waals surface area contributed by atoms with Crippen LogP contribution in [-0.2, 0) is 0 Å². The Morgan fingerprint density at radius 2 is 0.979 bits per heavy atom. The second kappa shape index (κ2) is 12.1. The molecule has 0 spiro atoms. The molecule has 2 aromatic heterocycles. The summed E-state index contributed by atoms with van der Waals surface area (Å²) in [6.45, 7) is 7.47. The molecule has 0 radical (unpaired) electrons. The van der Waals surface area contributed by atoms with Crippen molar-refractivity contribution in [1.29, 1.82) is 5.26 Å². The van der Waals surface area contributed by atoms with E-state index in [0.717, 1.165) is 77.4 Å². The van der Waals surface area contributed by atoms with E-state index < -0.39 is 0 Å². The SMILES string of the molecule is [C-]#[N+]c1cccc(-c2cccc(-c3c4ccccc4c(-c4cccc(-c5cccc(C#N)n5)c4)c4ccc(-c5ccccc5)cc34)c2)n1. The van der Waals surface area contributed by atoms with Crippen LogP contribution in [0.3, 0.4) is 0 Å². The molecule has 0 bridgehead atoms. The fraction of sp³-hybridized carbons (Fsp3) is 0. The van der Waals surface area contributed by atoms with Gasteiger partial charge in [0, 0.05) is 11.1 Å². The van der Waals surface area contributed by atoms with Crippen molar-refractivity contribution in [3.63, 3.8) is 0 Å². The van der Waals surface area contributed by atoms with Crippen LogP contribution in [0.2, 0.25) is 0 Å². The highest BCUT2D eigenvalue weighted by atomic mass is 14.9. The van der Waals surface area contributed by atoms with E-state index in [-0.39, 0.29) is 0 Å². The van der Waals surface area contributed by atoms with Crippen LogP contribution in [0.15, 0.2) is 158 Å². The van der Waals surface area contributed by atoms with E-state index in [0.29, 0.717) is 11.5 Å². The Labute approximate surface area is 278 Å². The Hall–Kier alpha value is -6.88. The lowest BCUT2D eigenvalue weighted by Crippen LogP contribution is -1.93. The number of hydrogen-bond donors (Lipinski definition) is 0. The summed E-state index contributed by atoms with van der Waals surface area (Å²) in [4.78, 5) is 12.7. The van der Waals surface area contributed by atoms with Gasteiger partial charge in [0.25, 0.3) is 5.82 Å². The fourth-order valence-corrected chi connectivity index (χ4v) is 6.58. The standard InChI is InChI=1S/C44H26N4/c1-46-42-22-10-21-41(48-42)32-14-8-16-34(26-32)44-37-19-6-5-18-36(37)43(38-24-23-30(27-39(38)44)29-11-3-2-4-12-29)33-15-7-13-31(25-33)40-20-9-17-35(28-45)47-40/h2-27H. The smallest absolute Gasteiger partial charge is 0.270 e. The van der Waals surface area contributed by atoms with Gasteiger partial charge in [0.15, 0.2) is 5.69 Å². The molecular formula is C44H26N4. The summed E-state index contributed by atoms with van der Waals surface area (Å²) in [5.74, 6) is 0.377. The van der Waals surface area contributed by atoms with Crippen molar-refractivity contribution in [2.24, 2.45) is 0 Å². The van der Waals surface area contributed by atoms with Gasteiger partial charge in [0.2, 0.25) is 0 Å². The number of nitriles is 1. The fourth-order valence-electron chi connectivity index (χ4n) is 6.58. The molecule has 0 unspecified atom stereocenters. The highest BCUT2D eigenvalue weighted by Gasteiger charge is 2.19. The van der Waals surface area contributed by atoms with Gasteiger partial charge in [0.1, 0.15) is 11.8 Å². The normalized spacial score (nSPS) is 10.9. The summed E-state index contributed by atoms with van der Waals surface area (Å²) in [5, 5.41) is 14.0. The number of pyridine rings is 2. The summed E-state index contributed by atoms with van der Waals surface area (Å²) in [6, 6.07) is 56.0. The number of rotatable bonds is 5. The zero-order valence-electron chi connectivity index (χ0n) is 25.8. The second-order valence-corrected chi connectivity index (χ2v) is 11.6. The van der Waals surface area contributed by atoms with Crippen LogP contribution in [0.25, 0.3) is 82.3 Å². The Kier molecular flexibility index (Phi) is 7.23. The minimum Gasteiger partial charge on any atom is -0.361 e. The monoisotopic (exact) mass is 610 g/mol. The maximum atomic E-state index is 9.48. The Balaban J connectivity index is 1.42. The molecule has 4 heteroatoms. The van der Waals surface area contributed by atoms with Crippen molar-refractivity contribution in [3.05, 3.63) is 175 Å². The molecule has 0 aliphatic carbocycles. The van der Waals surface area contributed by atoms with Crippen molar-refractivity contribution >= 4 is 27.4 Å². The maximum Gasteiger partial charge on any atom is 0.270 e. The van der Waals surface area contributed by atoms with Crippen LogP contribution in [0, 0.1) is 17.9 Å². The molecule has 6 aromatic carbocycles. The van der Waals surface area contributed by atoms with Crippen LogP contribution in [-0.4, -0.2) is 9.97 Å². The zero-order valence-corrected chi connectivity index (χ0v) is 25.8. The summed E-state index contributed by atoms with van der Waals surface area (Å²) in [5.41, 5.74) is 10.6. The summed E-state index contributed by atoms with van der Waals surface area (Å²) in [6.07, 6.45) is 0. The van der Waals surface area contributed by atoms with E-state index in [1.165, 1.54) is 0 Å². The van der Waals surface area contributed by atoms with E-state index in [1.807, 2.05) is 36.4 Å². The topological polar surface area (TPSA) is 53.9 Å². The molecule has 0 saturated carbocycles. The molecule has 222 valence electrons. The van der Waals surface area contributed by atoms with Crippen molar-refractivity contribution < 1.29 is 0 Å². The van der Waals surface area contributed by atoms with Crippen molar-refractivity contribution in [3.8, 4) is 62.0 Å². The van der Waals surface area contributed by atoms with Crippen molar-refractivity contribution in [2.45, 2.75) is 0 Å². The lowest BCUT2D eigenvalue weighted by atomic mass is 9.84.